The molecule has 4 aromatic rings. The fourth-order valence-corrected chi connectivity index (χ4v) is 4.34. The van der Waals surface area contributed by atoms with Crippen molar-refractivity contribution < 1.29 is 19.1 Å². The lowest BCUT2D eigenvalue weighted by molar-refractivity contribution is 0.0535. The highest BCUT2D eigenvalue weighted by atomic mass is 16.5. The number of ether oxygens (including phenoxy) is 1. The molecule has 33 heavy (non-hydrogen) atoms. The van der Waals surface area contributed by atoms with Gasteiger partial charge in [-0.25, -0.2) is 9.59 Å². The molecule has 2 aromatic heterocycles. The molecule has 0 radical (unpaired) electrons. The summed E-state index contributed by atoms with van der Waals surface area (Å²) < 4.78 is 13.6. The standard InChI is InChI=1S/C24H24N4O5/c1-13-16(5-6-17-18(13)12-32-23(17)30)21(29)11-25-10-15-9-19(28(3)26-15)14-4-7-22-20(8-14)27(2)24(31)33-22/h4-9,21,25,29H,10-12H2,1-3H3/t21-/m0/s1. The number of aromatic nitrogens is 3. The van der Waals surface area contributed by atoms with E-state index in [1.807, 2.05) is 32.2 Å². The van der Waals surface area contributed by atoms with E-state index in [-0.39, 0.29) is 12.6 Å². The minimum absolute atomic E-state index is 0.253. The average Bonchev–Trinajstić information content (AvgIpc) is 3.44. The molecule has 2 aromatic carbocycles. The van der Waals surface area contributed by atoms with Crippen LogP contribution < -0.4 is 11.1 Å². The van der Waals surface area contributed by atoms with Gasteiger partial charge in [-0.2, -0.15) is 5.10 Å². The van der Waals surface area contributed by atoms with Gasteiger partial charge in [0.1, 0.15) is 6.61 Å². The molecular formula is C24H24N4O5. The summed E-state index contributed by atoms with van der Waals surface area (Å²) in [6, 6.07) is 11.1. The Kier molecular flexibility index (Phi) is 5.15. The maximum absolute atomic E-state index is 11.8. The number of fused-ring (bicyclic) bond motifs is 2. The van der Waals surface area contributed by atoms with Crippen molar-refractivity contribution in [1.29, 1.82) is 0 Å². The molecule has 0 unspecified atom stereocenters. The smallest absolute Gasteiger partial charge is 0.419 e. The van der Waals surface area contributed by atoms with Gasteiger partial charge in [0.25, 0.3) is 0 Å². The molecule has 0 bridgehead atoms. The molecule has 2 N–H and O–H groups in total. The quantitative estimate of drug-likeness (QED) is 0.436. The number of hydrogen-bond acceptors (Lipinski definition) is 7. The van der Waals surface area contributed by atoms with Gasteiger partial charge >= 0.3 is 11.7 Å². The monoisotopic (exact) mass is 448 g/mol. The van der Waals surface area contributed by atoms with Crippen LogP contribution in [0.1, 0.15) is 38.8 Å². The van der Waals surface area contributed by atoms with E-state index in [1.165, 1.54) is 4.57 Å². The third-order valence-electron chi connectivity index (χ3n) is 6.23. The summed E-state index contributed by atoms with van der Waals surface area (Å²) in [6.45, 7) is 2.97. The summed E-state index contributed by atoms with van der Waals surface area (Å²) >= 11 is 0. The van der Waals surface area contributed by atoms with Crippen molar-refractivity contribution in [2.45, 2.75) is 26.2 Å². The number of oxazole rings is 1. The Morgan fingerprint density at radius 2 is 2.00 bits per heavy atom. The van der Waals surface area contributed by atoms with E-state index in [0.29, 0.717) is 24.2 Å². The molecule has 0 fully saturated rings. The number of carbonyl (C=O) groups is 1. The summed E-state index contributed by atoms with van der Waals surface area (Å²) in [5, 5.41) is 18.5. The van der Waals surface area contributed by atoms with Crippen molar-refractivity contribution in [2.24, 2.45) is 14.1 Å². The molecular weight excluding hydrogens is 424 g/mol. The number of hydrogen-bond donors (Lipinski definition) is 2. The molecule has 9 heteroatoms. The lowest BCUT2D eigenvalue weighted by Crippen LogP contribution is -2.22. The van der Waals surface area contributed by atoms with Crippen LogP contribution in [0.4, 0.5) is 0 Å². The normalized spacial score (nSPS) is 14.0. The first kappa shape index (κ1) is 21.2. The van der Waals surface area contributed by atoms with E-state index in [0.717, 1.165) is 39.2 Å². The number of cyclic esters (lactones) is 1. The third kappa shape index (κ3) is 3.65. The molecule has 0 saturated heterocycles. The van der Waals surface area contributed by atoms with E-state index >= 15 is 0 Å². The summed E-state index contributed by atoms with van der Waals surface area (Å²) in [7, 11) is 3.54. The van der Waals surface area contributed by atoms with E-state index in [1.54, 1.807) is 29.9 Å². The van der Waals surface area contributed by atoms with E-state index in [4.69, 9.17) is 9.15 Å². The highest BCUT2D eigenvalue weighted by Crippen LogP contribution is 2.29. The molecule has 1 aliphatic heterocycles. The molecule has 0 amide bonds. The van der Waals surface area contributed by atoms with Crippen LogP contribution in [0.25, 0.3) is 22.4 Å². The molecule has 5 rings (SSSR count). The van der Waals surface area contributed by atoms with Crippen molar-refractivity contribution in [3.8, 4) is 11.3 Å². The van der Waals surface area contributed by atoms with E-state index in [2.05, 4.69) is 10.4 Å². The van der Waals surface area contributed by atoms with Gasteiger partial charge < -0.3 is 19.6 Å². The predicted molar refractivity (Wildman–Crippen MR) is 121 cm³/mol. The van der Waals surface area contributed by atoms with E-state index < -0.39 is 11.9 Å². The van der Waals surface area contributed by atoms with Crippen molar-refractivity contribution >= 4 is 17.1 Å². The number of rotatable bonds is 6. The maximum Gasteiger partial charge on any atom is 0.419 e. The number of aliphatic hydroxyl groups is 1. The minimum Gasteiger partial charge on any atom is -0.457 e. The topological polar surface area (TPSA) is 112 Å². The molecule has 9 nitrogen and oxygen atoms in total. The lowest BCUT2D eigenvalue weighted by Gasteiger charge is -2.16. The first-order chi connectivity index (χ1) is 15.8. The molecule has 1 atom stereocenters. The fraction of sp³-hybridized carbons (Fsp3) is 0.292. The lowest BCUT2D eigenvalue weighted by atomic mass is 9.95. The SMILES string of the molecule is Cc1c([C@@H](O)CNCc2cc(-c3ccc4oc(=O)n(C)c4c3)n(C)n2)ccc2c1COC2=O. The van der Waals surface area contributed by atoms with Crippen LogP contribution in [0, 0.1) is 6.92 Å². The van der Waals surface area contributed by atoms with Crippen LogP contribution in [0.3, 0.4) is 0 Å². The zero-order chi connectivity index (χ0) is 23.3. The van der Waals surface area contributed by atoms with E-state index in [9.17, 15) is 14.7 Å². The Labute approximate surface area is 189 Å². The Bertz CT molecular complexity index is 1450. The van der Waals surface area contributed by atoms with Crippen molar-refractivity contribution in [3.63, 3.8) is 0 Å². The number of benzene rings is 2. The Morgan fingerprint density at radius 3 is 2.82 bits per heavy atom. The Morgan fingerprint density at radius 1 is 1.18 bits per heavy atom. The molecule has 0 aliphatic carbocycles. The molecule has 0 saturated carbocycles. The fourth-order valence-electron chi connectivity index (χ4n) is 4.34. The average molecular weight is 448 g/mol. The number of esters is 1. The second-order valence-electron chi connectivity index (χ2n) is 8.28. The van der Waals surface area contributed by atoms with Gasteiger partial charge in [0, 0.05) is 38.3 Å². The summed E-state index contributed by atoms with van der Waals surface area (Å²) in [5.41, 5.74) is 7.00. The van der Waals surface area contributed by atoms with Crippen LogP contribution >= 0.6 is 0 Å². The van der Waals surface area contributed by atoms with Crippen LogP contribution in [-0.4, -0.2) is 32.0 Å². The van der Waals surface area contributed by atoms with Crippen LogP contribution in [0.2, 0.25) is 0 Å². The van der Waals surface area contributed by atoms with Gasteiger partial charge in [0.05, 0.1) is 28.6 Å². The van der Waals surface area contributed by atoms with Crippen LogP contribution in [0.5, 0.6) is 0 Å². The number of carbonyl (C=O) groups excluding carboxylic acids is 1. The molecule has 170 valence electrons. The number of nitrogens with zero attached hydrogens (tertiary/aromatic N) is 3. The third-order valence-corrected chi connectivity index (χ3v) is 6.23. The van der Waals surface area contributed by atoms with Gasteiger partial charge in [0.2, 0.25) is 0 Å². The highest BCUT2D eigenvalue weighted by Gasteiger charge is 2.25. The second-order valence-corrected chi connectivity index (χ2v) is 8.28. The minimum atomic E-state index is -0.723. The highest BCUT2D eigenvalue weighted by molar-refractivity contribution is 5.94. The predicted octanol–water partition coefficient (Wildman–Crippen LogP) is 2.33. The van der Waals surface area contributed by atoms with Crippen molar-refractivity contribution in [1.82, 2.24) is 19.7 Å². The molecule has 3 heterocycles. The zero-order valence-electron chi connectivity index (χ0n) is 18.6. The summed E-state index contributed by atoms with van der Waals surface area (Å²) in [5.74, 6) is -0.708. The molecule has 0 spiro atoms. The summed E-state index contributed by atoms with van der Waals surface area (Å²) in [6.07, 6.45) is -0.723. The van der Waals surface area contributed by atoms with Gasteiger partial charge in [-0.3, -0.25) is 9.25 Å². The summed E-state index contributed by atoms with van der Waals surface area (Å²) in [4.78, 5) is 23.5. The Balaban J connectivity index is 1.28. The number of aliphatic hydroxyl groups excluding tert-OH is 1. The Hall–Kier alpha value is -3.69. The first-order valence-corrected chi connectivity index (χ1v) is 10.6. The molecule has 1 aliphatic rings. The van der Waals surface area contributed by atoms with Gasteiger partial charge in [0.15, 0.2) is 5.58 Å². The van der Waals surface area contributed by atoms with Crippen LogP contribution in [-0.2, 0) is 32.0 Å². The second kappa shape index (κ2) is 8.02. The van der Waals surface area contributed by atoms with Crippen molar-refractivity contribution in [3.05, 3.63) is 74.9 Å². The van der Waals surface area contributed by atoms with Crippen molar-refractivity contribution in [2.75, 3.05) is 6.54 Å². The van der Waals surface area contributed by atoms with Gasteiger partial charge in [-0.15, -0.1) is 0 Å². The number of nitrogens with one attached hydrogen (secondary N) is 1. The largest absolute Gasteiger partial charge is 0.457 e. The number of aryl methyl sites for hydroxylation is 2. The van der Waals surface area contributed by atoms with Crippen LogP contribution in [0.15, 0.2) is 45.6 Å². The zero-order valence-corrected chi connectivity index (χ0v) is 18.6. The first-order valence-electron chi connectivity index (χ1n) is 10.6. The van der Waals surface area contributed by atoms with Gasteiger partial charge in [-0.1, -0.05) is 6.07 Å². The maximum atomic E-state index is 11.8. The van der Waals surface area contributed by atoms with Gasteiger partial charge in [-0.05, 0) is 48.4 Å².